The smallest absolute Gasteiger partial charge is 0.276 e. The summed E-state index contributed by atoms with van der Waals surface area (Å²) < 4.78 is 5.21. The third kappa shape index (κ3) is 3.03. The minimum Gasteiger partial charge on any atom is -0.338 e. The minimum absolute atomic E-state index is 0.0553. The predicted molar refractivity (Wildman–Crippen MR) is 114 cm³/mol. The molecule has 164 valence electrons. The molecule has 2 fully saturated rings. The van der Waals surface area contributed by atoms with Crippen LogP contribution in [0.5, 0.6) is 0 Å². The molecule has 0 aromatic carbocycles. The zero-order chi connectivity index (χ0) is 21.8. The number of likely N-dealkylation sites (tertiary alicyclic amines) is 1. The summed E-state index contributed by atoms with van der Waals surface area (Å²) in [7, 11) is 0. The van der Waals surface area contributed by atoms with Crippen LogP contribution in [0.2, 0.25) is 0 Å². The molecule has 0 unspecified atom stereocenters. The van der Waals surface area contributed by atoms with E-state index < -0.39 is 0 Å². The van der Waals surface area contributed by atoms with Gasteiger partial charge in [-0.3, -0.25) is 14.6 Å². The van der Waals surface area contributed by atoms with Crippen molar-refractivity contribution < 1.29 is 4.79 Å². The van der Waals surface area contributed by atoms with Crippen LogP contribution in [0, 0.1) is 6.92 Å². The second-order valence-electron chi connectivity index (χ2n) is 8.57. The molecule has 0 bridgehead atoms. The first-order chi connectivity index (χ1) is 15.6. The van der Waals surface area contributed by atoms with E-state index in [1.54, 1.807) is 24.5 Å². The van der Waals surface area contributed by atoms with Gasteiger partial charge in [-0.1, -0.05) is 0 Å². The largest absolute Gasteiger partial charge is 0.338 e. The lowest BCUT2D eigenvalue weighted by Crippen LogP contribution is -2.38. The summed E-state index contributed by atoms with van der Waals surface area (Å²) in [5.74, 6) is 1.60. The van der Waals surface area contributed by atoms with Crippen molar-refractivity contribution in [3.05, 3.63) is 58.3 Å². The van der Waals surface area contributed by atoms with E-state index in [0.717, 1.165) is 18.7 Å². The lowest BCUT2D eigenvalue weighted by molar-refractivity contribution is 0.0709. The summed E-state index contributed by atoms with van der Waals surface area (Å²) in [6.45, 7) is 3.14. The molecule has 2 aliphatic rings. The molecule has 1 saturated heterocycles. The maximum absolute atomic E-state index is 13.2. The number of aromatic amines is 1. The Labute approximate surface area is 182 Å². The molecular weight excluding hydrogens is 410 g/mol. The highest BCUT2D eigenvalue weighted by Crippen LogP contribution is 2.38. The van der Waals surface area contributed by atoms with Crippen LogP contribution < -0.4 is 5.56 Å². The topological polar surface area (TPSA) is 119 Å². The van der Waals surface area contributed by atoms with Gasteiger partial charge in [0, 0.05) is 31.2 Å². The van der Waals surface area contributed by atoms with Gasteiger partial charge in [0.2, 0.25) is 5.95 Å². The van der Waals surface area contributed by atoms with Crippen LogP contribution in [-0.4, -0.2) is 63.0 Å². The summed E-state index contributed by atoms with van der Waals surface area (Å²) in [5, 5.41) is 17.2. The highest BCUT2D eigenvalue weighted by molar-refractivity contribution is 5.95. The van der Waals surface area contributed by atoms with E-state index in [2.05, 4.69) is 29.9 Å². The number of nitrogens with one attached hydrogen (secondary N) is 1. The first-order valence-electron chi connectivity index (χ1n) is 10.9. The van der Waals surface area contributed by atoms with E-state index in [0.29, 0.717) is 41.8 Å². The number of hydrogen-bond donors (Lipinski definition) is 1. The van der Waals surface area contributed by atoms with Gasteiger partial charge in [-0.25, -0.2) is 9.20 Å². The van der Waals surface area contributed by atoms with E-state index in [1.807, 2.05) is 18.2 Å². The fourth-order valence-electron chi connectivity index (χ4n) is 4.55. The van der Waals surface area contributed by atoms with Crippen LogP contribution in [-0.2, 0) is 0 Å². The fraction of sp³-hybridized carbons (Fsp3) is 0.429. The van der Waals surface area contributed by atoms with Gasteiger partial charge in [-0.15, -0.1) is 15.3 Å². The third-order valence-corrected chi connectivity index (χ3v) is 6.52. The van der Waals surface area contributed by atoms with Gasteiger partial charge < -0.3 is 9.47 Å². The highest BCUT2D eigenvalue weighted by Gasteiger charge is 2.32. The average Bonchev–Trinajstić information content (AvgIpc) is 3.18. The summed E-state index contributed by atoms with van der Waals surface area (Å²) in [6, 6.07) is 4.00. The maximum Gasteiger partial charge on any atom is 0.276 e. The Morgan fingerprint density at radius 3 is 2.78 bits per heavy atom. The molecule has 1 saturated carbocycles. The fourth-order valence-corrected chi connectivity index (χ4v) is 4.55. The number of carbonyl (C=O) groups is 1. The predicted octanol–water partition coefficient (Wildman–Crippen LogP) is 1.46. The molecule has 0 spiro atoms. The van der Waals surface area contributed by atoms with E-state index in [4.69, 9.17) is 0 Å². The SMILES string of the molecule is Cc1c(C(=O)N2CCC(c3nncn3C3CC3)CC2)cnn1-c1nn2cccc2c(=O)[nH]1. The van der Waals surface area contributed by atoms with Crippen molar-refractivity contribution in [2.45, 2.75) is 44.6 Å². The molecule has 0 atom stereocenters. The normalized spacial score (nSPS) is 17.3. The Kier molecular flexibility index (Phi) is 4.23. The van der Waals surface area contributed by atoms with Crippen molar-refractivity contribution in [1.29, 1.82) is 0 Å². The molecule has 1 N–H and O–H groups in total. The minimum atomic E-state index is -0.260. The highest BCUT2D eigenvalue weighted by atomic mass is 16.2. The van der Waals surface area contributed by atoms with Crippen molar-refractivity contribution in [1.82, 2.24) is 44.0 Å². The molecule has 4 aromatic heterocycles. The molecule has 0 radical (unpaired) electrons. The average molecular weight is 433 g/mol. The zero-order valence-corrected chi connectivity index (χ0v) is 17.7. The summed E-state index contributed by atoms with van der Waals surface area (Å²) in [5.41, 5.74) is 1.35. The van der Waals surface area contributed by atoms with E-state index >= 15 is 0 Å². The van der Waals surface area contributed by atoms with Gasteiger partial charge in [-0.05, 0) is 44.7 Å². The second kappa shape index (κ2) is 7.14. The van der Waals surface area contributed by atoms with Gasteiger partial charge in [0.15, 0.2) is 0 Å². The van der Waals surface area contributed by atoms with Crippen LogP contribution in [0.25, 0.3) is 11.5 Å². The van der Waals surface area contributed by atoms with E-state index in [1.165, 1.54) is 22.0 Å². The monoisotopic (exact) mass is 433 g/mol. The van der Waals surface area contributed by atoms with Gasteiger partial charge >= 0.3 is 0 Å². The number of H-pyrrole nitrogens is 1. The van der Waals surface area contributed by atoms with Crippen molar-refractivity contribution in [3.8, 4) is 5.95 Å². The lowest BCUT2D eigenvalue weighted by atomic mass is 9.95. The zero-order valence-electron chi connectivity index (χ0n) is 17.7. The Morgan fingerprint density at radius 2 is 2.00 bits per heavy atom. The lowest BCUT2D eigenvalue weighted by Gasteiger charge is -2.31. The van der Waals surface area contributed by atoms with Gasteiger partial charge in [0.1, 0.15) is 17.7 Å². The van der Waals surface area contributed by atoms with Crippen molar-refractivity contribution >= 4 is 11.4 Å². The molecule has 1 aliphatic carbocycles. The molecule has 5 heterocycles. The van der Waals surface area contributed by atoms with Crippen LogP contribution in [0.3, 0.4) is 0 Å². The van der Waals surface area contributed by atoms with Crippen molar-refractivity contribution in [3.63, 3.8) is 0 Å². The number of aromatic nitrogens is 8. The molecular formula is C21H23N9O2. The summed E-state index contributed by atoms with van der Waals surface area (Å²) >= 11 is 0. The number of fused-ring (bicyclic) bond motifs is 1. The van der Waals surface area contributed by atoms with Gasteiger partial charge in [0.05, 0.1) is 17.5 Å². The standard InChI is InChI=1S/C21H23N9O2/c1-13-16(11-23-30(13)21-24-19(31)17-3-2-8-29(17)26-21)20(32)27-9-6-14(7-10-27)18-25-22-12-28(18)15-4-5-15/h2-3,8,11-12,14-15H,4-7,9-10H2,1H3,(H,24,26,31). The third-order valence-electron chi connectivity index (χ3n) is 6.52. The second-order valence-corrected chi connectivity index (χ2v) is 8.57. The Hall–Kier alpha value is -3.76. The Bertz CT molecular complexity index is 1370. The van der Waals surface area contributed by atoms with Gasteiger partial charge in [0.25, 0.3) is 11.5 Å². The maximum atomic E-state index is 13.2. The Morgan fingerprint density at radius 1 is 1.19 bits per heavy atom. The quantitative estimate of drug-likeness (QED) is 0.520. The van der Waals surface area contributed by atoms with Crippen LogP contribution >= 0.6 is 0 Å². The summed E-state index contributed by atoms with van der Waals surface area (Å²) in [6.07, 6.45) is 9.21. The van der Waals surface area contributed by atoms with Crippen molar-refractivity contribution in [2.75, 3.05) is 13.1 Å². The number of nitrogens with zero attached hydrogens (tertiary/aromatic N) is 8. The Balaban J connectivity index is 1.20. The first-order valence-corrected chi connectivity index (χ1v) is 10.9. The molecule has 1 aliphatic heterocycles. The molecule has 11 heteroatoms. The number of hydrogen-bond acceptors (Lipinski definition) is 6. The molecule has 1 amide bonds. The van der Waals surface area contributed by atoms with Crippen LogP contribution in [0.4, 0.5) is 0 Å². The van der Waals surface area contributed by atoms with Crippen LogP contribution in [0.15, 0.2) is 35.6 Å². The number of amides is 1. The number of piperidine rings is 1. The molecule has 32 heavy (non-hydrogen) atoms. The first kappa shape index (κ1) is 19.0. The van der Waals surface area contributed by atoms with Crippen LogP contribution in [0.1, 0.15) is 59.5 Å². The number of rotatable bonds is 4. The number of carbonyl (C=O) groups excluding carboxylic acids is 1. The van der Waals surface area contributed by atoms with Gasteiger partial charge in [-0.2, -0.15) is 5.10 Å². The van der Waals surface area contributed by atoms with E-state index in [-0.39, 0.29) is 17.4 Å². The molecule has 11 nitrogen and oxygen atoms in total. The van der Waals surface area contributed by atoms with Crippen molar-refractivity contribution in [2.24, 2.45) is 0 Å². The molecule has 4 aromatic rings. The summed E-state index contributed by atoms with van der Waals surface area (Å²) in [4.78, 5) is 30.1. The molecule has 6 rings (SSSR count). The van der Waals surface area contributed by atoms with E-state index in [9.17, 15) is 9.59 Å².